The fourth-order valence-corrected chi connectivity index (χ4v) is 1.12. The highest BCUT2D eigenvalue weighted by atomic mass is 16.1. The summed E-state index contributed by atoms with van der Waals surface area (Å²) in [6.07, 6.45) is 2.12. The maximum Gasteiger partial charge on any atom is 0.224 e. The average molecular weight is 186 g/mol. The molecule has 0 spiro atoms. The van der Waals surface area contributed by atoms with Gasteiger partial charge in [-0.2, -0.15) is 0 Å². The molecule has 1 amide bonds. The predicted molar refractivity (Wildman–Crippen MR) is 55.3 cm³/mol. The maximum atomic E-state index is 11.5. The largest absolute Gasteiger partial charge is 0.353 e. The molecular weight excluding hydrogens is 164 g/mol. The molecule has 0 aromatic rings. The minimum Gasteiger partial charge on any atom is -0.353 e. The lowest BCUT2D eigenvalue weighted by molar-refractivity contribution is -0.125. The van der Waals surface area contributed by atoms with Gasteiger partial charge >= 0.3 is 0 Å². The smallest absolute Gasteiger partial charge is 0.224 e. The number of hydrogen-bond acceptors (Lipinski definition) is 2. The van der Waals surface area contributed by atoms with Crippen LogP contribution in [0.3, 0.4) is 0 Å². The number of amides is 1. The van der Waals surface area contributed by atoms with Gasteiger partial charge in [-0.3, -0.25) is 4.79 Å². The van der Waals surface area contributed by atoms with E-state index in [2.05, 4.69) is 12.2 Å². The van der Waals surface area contributed by atoms with Crippen LogP contribution in [0.15, 0.2) is 0 Å². The molecule has 0 bridgehead atoms. The summed E-state index contributed by atoms with van der Waals surface area (Å²) in [5.74, 6) is -0.0322. The Hall–Kier alpha value is -0.570. The molecule has 3 N–H and O–H groups in total. The molecule has 0 saturated carbocycles. The normalized spacial score (nSPS) is 17.6. The minimum absolute atomic E-state index is 0.0657. The molecule has 0 radical (unpaired) electrons. The van der Waals surface area contributed by atoms with Gasteiger partial charge in [0.05, 0.1) is 0 Å². The number of nitrogens with one attached hydrogen (secondary N) is 1. The lowest BCUT2D eigenvalue weighted by Crippen LogP contribution is -2.42. The van der Waals surface area contributed by atoms with E-state index in [1.165, 1.54) is 0 Å². The first kappa shape index (κ1) is 12.4. The van der Waals surface area contributed by atoms with E-state index in [9.17, 15) is 4.79 Å². The molecule has 0 fully saturated rings. The van der Waals surface area contributed by atoms with Gasteiger partial charge in [0.15, 0.2) is 0 Å². The summed E-state index contributed by atoms with van der Waals surface area (Å²) in [5.41, 5.74) is 5.63. The van der Waals surface area contributed by atoms with Crippen LogP contribution >= 0.6 is 0 Å². The third-order valence-electron chi connectivity index (χ3n) is 2.31. The Morgan fingerprint density at radius 1 is 1.38 bits per heavy atom. The zero-order chi connectivity index (χ0) is 10.4. The second kappa shape index (κ2) is 5.97. The van der Waals surface area contributed by atoms with Crippen molar-refractivity contribution >= 4 is 5.91 Å². The van der Waals surface area contributed by atoms with E-state index in [0.717, 1.165) is 12.8 Å². The van der Waals surface area contributed by atoms with Crippen LogP contribution in [0.1, 0.15) is 40.5 Å². The van der Waals surface area contributed by atoms with Gasteiger partial charge in [0.2, 0.25) is 5.91 Å². The molecule has 0 aliphatic heterocycles. The summed E-state index contributed by atoms with van der Waals surface area (Å²) in [6.45, 7) is 7.85. The Balaban J connectivity index is 3.85. The van der Waals surface area contributed by atoms with Crippen LogP contribution in [0.4, 0.5) is 0 Å². The van der Waals surface area contributed by atoms with Gasteiger partial charge in [-0.05, 0) is 20.3 Å². The minimum atomic E-state index is -0.0979. The third kappa shape index (κ3) is 4.88. The number of nitrogens with two attached hydrogens (primary N) is 1. The molecule has 0 saturated heterocycles. The molecular formula is C10H22N2O. The summed E-state index contributed by atoms with van der Waals surface area (Å²) >= 11 is 0. The zero-order valence-electron chi connectivity index (χ0n) is 9.13. The highest BCUT2D eigenvalue weighted by Crippen LogP contribution is 2.02. The van der Waals surface area contributed by atoms with Gasteiger partial charge < -0.3 is 11.1 Å². The Kier molecular flexibility index (Phi) is 5.71. The van der Waals surface area contributed by atoms with Crippen molar-refractivity contribution in [3.8, 4) is 0 Å². The van der Waals surface area contributed by atoms with Gasteiger partial charge in [-0.25, -0.2) is 0 Å². The summed E-state index contributed by atoms with van der Waals surface area (Å²) in [7, 11) is 0. The molecule has 0 aliphatic carbocycles. The Labute approximate surface area is 81.1 Å². The molecule has 3 atom stereocenters. The van der Waals surface area contributed by atoms with E-state index in [-0.39, 0.29) is 23.9 Å². The van der Waals surface area contributed by atoms with Crippen molar-refractivity contribution in [2.75, 3.05) is 0 Å². The fraction of sp³-hybridized carbons (Fsp3) is 0.900. The standard InChI is InChI=1S/C10H22N2O/c1-5-6-7(2)12-10(13)8(3)9(4)11/h7-9H,5-6,11H2,1-4H3,(H,12,13). The van der Waals surface area contributed by atoms with Crippen molar-refractivity contribution in [3.05, 3.63) is 0 Å². The average Bonchev–Trinajstić information content (AvgIpc) is 2.03. The molecule has 0 aliphatic rings. The highest BCUT2D eigenvalue weighted by molar-refractivity contribution is 5.79. The first-order valence-corrected chi connectivity index (χ1v) is 5.05. The lowest BCUT2D eigenvalue weighted by Gasteiger charge is -2.19. The van der Waals surface area contributed by atoms with E-state index in [1.54, 1.807) is 0 Å². The van der Waals surface area contributed by atoms with Crippen LogP contribution in [0.25, 0.3) is 0 Å². The molecule has 0 aromatic heterocycles. The summed E-state index contributed by atoms with van der Waals surface area (Å²) in [4.78, 5) is 11.5. The van der Waals surface area contributed by atoms with Gasteiger partial charge in [-0.15, -0.1) is 0 Å². The van der Waals surface area contributed by atoms with E-state index >= 15 is 0 Å². The monoisotopic (exact) mass is 186 g/mol. The Morgan fingerprint density at radius 2 is 1.92 bits per heavy atom. The van der Waals surface area contributed by atoms with Gasteiger partial charge in [0, 0.05) is 18.0 Å². The van der Waals surface area contributed by atoms with E-state index in [0.29, 0.717) is 0 Å². The van der Waals surface area contributed by atoms with E-state index in [4.69, 9.17) is 5.73 Å². The Bertz CT molecular complexity index is 157. The quantitative estimate of drug-likeness (QED) is 0.679. The molecule has 78 valence electrons. The summed E-state index contributed by atoms with van der Waals surface area (Å²) in [6, 6.07) is 0.188. The predicted octanol–water partition coefficient (Wildman–Crippen LogP) is 1.27. The zero-order valence-corrected chi connectivity index (χ0v) is 9.13. The number of carbonyl (C=O) groups excluding carboxylic acids is 1. The topological polar surface area (TPSA) is 55.1 Å². The first-order valence-electron chi connectivity index (χ1n) is 5.05. The van der Waals surface area contributed by atoms with Crippen molar-refractivity contribution in [3.63, 3.8) is 0 Å². The number of rotatable bonds is 5. The second-order valence-electron chi connectivity index (χ2n) is 3.85. The molecule has 3 nitrogen and oxygen atoms in total. The third-order valence-corrected chi connectivity index (χ3v) is 2.31. The van der Waals surface area contributed by atoms with Crippen LogP contribution in [0.2, 0.25) is 0 Å². The van der Waals surface area contributed by atoms with E-state index in [1.807, 2.05) is 20.8 Å². The summed E-state index contributed by atoms with van der Waals surface area (Å²) in [5, 5.41) is 2.94. The molecule has 3 heteroatoms. The van der Waals surface area contributed by atoms with Crippen LogP contribution < -0.4 is 11.1 Å². The van der Waals surface area contributed by atoms with E-state index < -0.39 is 0 Å². The number of carbonyl (C=O) groups is 1. The lowest BCUT2D eigenvalue weighted by atomic mass is 10.0. The molecule has 13 heavy (non-hydrogen) atoms. The molecule has 3 unspecified atom stereocenters. The number of hydrogen-bond donors (Lipinski definition) is 2. The van der Waals surface area contributed by atoms with Gasteiger partial charge in [0.1, 0.15) is 0 Å². The maximum absolute atomic E-state index is 11.5. The van der Waals surface area contributed by atoms with Crippen molar-refractivity contribution < 1.29 is 4.79 Å². The van der Waals surface area contributed by atoms with Crippen molar-refractivity contribution in [2.45, 2.75) is 52.6 Å². The second-order valence-corrected chi connectivity index (χ2v) is 3.85. The molecule has 0 aromatic carbocycles. The van der Waals surface area contributed by atoms with Crippen molar-refractivity contribution in [2.24, 2.45) is 11.7 Å². The van der Waals surface area contributed by atoms with Gasteiger partial charge in [0.25, 0.3) is 0 Å². The Morgan fingerprint density at radius 3 is 2.31 bits per heavy atom. The van der Waals surface area contributed by atoms with Crippen LogP contribution in [0.5, 0.6) is 0 Å². The highest BCUT2D eigenvalue weighted by Gasteiger charge is 2.17. The van der Waals surface area contributed by atoms with Crippen molar-refractivity contribution in [1.82, 2.24) is 5.32 Å². The van der Waals surface area contributed by atoms with Crippen LogP contribution in [0, 0.1) is 5.92 Å². The first-order chi connectivity index (χ1) is 5.99. The molecule has 0 rings (SSSR count). The SMILES string of the molecule is CCCC(C)NC(=O)C(C)C(C)N. The summed E-state index contributed by atoms with van der Waals surface area (Å²) < 4.78 is 0. The van der Waals surface area contributed by atoms with Crippen LogP contribution in [-0.4, -0.2) is 18.0 Å². The molecule has 0 heterocycles. The van der Waals surface area contributed by atoms with Crippen molar-refractivity contribution in [1.29, 1.82) is 0 Å². The fourth-order valence-electron chi connectivity index (χ4n) is 1.12. The van der Waals surface area contributed by atoms with Gasteiger partial charge in [-0.1, -0.05) is 20.3 Å². The van der Waals surface area contributed by atoms with Crippen LogP contribution in [-0.2, 0) is 4.79 Å².